The molecule has 0 aliphatic heterocycles. The third kappa shape index (κ3) is 2.94. The first-order chi connectivity index (χ1) is 20.4. The van der Waals surface area contributed by atoms with E-state index in [-0.39, 0.29) is 0 Å². The van der Waals surface area contributed by atoms with Crippen molar-refractivity contribution in [3.8, 4) is 22.3 Å². The average molecular weight is 519 g/mol. The number of benzene rings is 8. The first-order valence-corrected chi connectivity index (χ1v) is 14.4. The molecule has 0 atom stereocenters. The summed E-state index contributed by atoms with van der Waals surface area (Å²) in [6.45, 7) is 0. The Morgan fingerprint density at radius 1 is 0.317 bits per heavy atom. The summed E-state index contributed by atoms with van der Waals surface area (Å²) in [6, 6.07) is 58.6. The Balaban J connectivity index is 1.46. The maximum atomic E-state index is 2.35. The summed E-state index contributed by atoms with van der Waals surface area (Å²) in [5.74, 6) is 0. The number of rotatable bonds is 3. The van der Waals surface area contributed by atoms with E-state index in [2.05, 4.69) is 158 Å². The van der Waals surface area contributed by atoms with Gasteiger partial charge in [-0.1, -0.05) is 158 Å². The molecule has 1 aliphatic rings. The first-order valence-electron chi connectivity index (χ1n) is 14.4. The van der Waals surface area contributed by atoms with Gasteiger partial charge in [0.25, 0.3) is 0 Å². The van der Waals surface area contributed by atoms with Gasteiger partial charge in [-0.3, -0.25) is 0 Å². The SMILES string of the molecule is c1ccc(C2(c3ccccc3)c3ccccc3-c3cccc(-c4ccc5ccc6cccc7ccc4c5c67)c32)cc1. The van der Waals surface area contributed by atoms with Gasteiger partial charge in [-0.2, -0.15) is 0 Å². The van der Waals surface area contributed by atoms with E-state index >= 15 is 0 Å². The van der Waals surface area contributed by atoms with E-state index in [0.717, 1.165) is 0 Å². The van der Waals surface area contributed by atoms with Gasteiger partial charge in [0, 0.05) is 0 Å². The number of hydrogen-bond acceptors (Lipinski definition) is 0. The summed E-state index contributed by atoms with van der Waals surface area (Å²) in [7, 11) is 0. The molecule has 0 aromatic heterocycles. The molecule has 0 nitrogen and oxygen atoms in total. The van der Waals surface area contributed by atoms with Crippen molar-refractivity contribution < 1.29 is 0 Å². The van der Waals surface area contributed by atoms with E-state index in [1.54, 1.807) is 0 Å². The molecule has 190 valence electrons. The Morgan fingerprint density at radius 3 is 1.54 bits per heavy atom. The molecule has 0 saturated carbocycles. The molecular formula is C41H26. The second kappa shape index (κ2) is 8.40. The summed E-state index contributed by atoms with van der Waals surface area (Å²) >= 11 is 0. The van der Waals surface area contributed by atoms with Crippen LogP contribution in [0.25, 0.3) is 54.6 Å². The van der Waals surface area contributed by atoms with Gasteiger partial charge < -0.3 is 0 Å². The van der Waals surface area contributed by atoms with Crippen molar-refractivity contribution in [3.05, 3.63) is 180 Å². The molecule has 9 rings (SSSR count). The Morgan fingerprint density at radius 2 is 0.829 bits per heavy atom. The highest BCUT2D eigenvalue weighted by molar-refractivity contribution is 6.25. The second-order valence-corrected chi connectivity index (χ2v) is 11.2. The van der Waals surface area contributed by atoms with Gasteiger partial charge in [-0.15, -0.1) is 0 Å². The smallest absolute Gasteiger partial charge is 0.0622 e. The highest BCUT2D eigenvalue weighted by Crippen LogP contribution is 2.59. The van der Waals surface area contributed by atoms with Crippen LogP contribution >= 0.6 is 0 Å². The van der Waals surface area contributed by atoms with Gasteiger partial charge in [-0.05, 0) is 76.8 Å². The summed E-state index contributed by atoms with van der Waals surface area (Å²) in [5, 5.41) is 7.92. The highest BCUT2D eigenvalue weighted by Gasteiger charge is 2.47. The van der Waals surface area contributed by atoms with E-state index in [1.807, 2.05) is 0 Å². The van der Waals surface area contributed by atoms with Gasteiger partial charge in [0.1, 0.15) is 0 Å². The Hall–Kier alpha value is -5.20. The van der Waals surface area contributed by atoms with E-state index in [0.29, 0.717) is 0 Å². The third-order valence-electron chi connectivity index (χ3n) is 9.29. The van der Waals surface area contributed by atoms with Crippen LogP contribution in [0.2, 0.25) is 0 Å². The molecule has 0 fully saturated rings. The van der Waals surface area contributed by atoms with Gasteiger partial charge in [0.05, 0.1) is 5.41 Å². The quantitative estimate of drug-likeness (QED) is 0.204. The Labute approximate surface area is 239 Å². The van der Waals surface area contributed by atoms with Crippen LogP contribution < -0.4 is 0 Å². The molecule has 8 aromatic rings. The van der Waals surface area contributed by atoms with Crippen LogP contribution in [0.3, 0.4) is 0 Å². The monoisotopic (exact) mass is 518 g/mol. The average Bonchev–Trinajstić information content (AvgIpc) is 3.36. The first kappa shape index (κ1) is 22.6. The van der Waals surface area contributed by atoms with Crippen molar-refractivity contribution in [1.29, 1.82) is 0 Å². The van der Waals surface area contributed by atoms with Crippen LogP contribution in [-0.4, -0.2) is 0 Å². The van der Waals surface area contributed by atoms with Crippen LogP contribution in [0.5, 0.6) is 0 Å². The molecule has 0 heterocycles. The molecule has 0 amide bonds. The minimum atomic E-state index is -0.436. The lowest BCUT2D eigenvalue weighted by Gasteiger charge is -2.35. The topological polar surface area (TPSA) is 0 Å². The lowest BCUT2D eigenvalue weighted by Crippen LogP contribution is -2.29. The lowest BCUT2D eigenvalue weighted by atomic mass is 9.66. The van der Waals surface area contributed by atoms with Crippen LogP contribution in [0.15, 0.2) is 158 Å². The standard InChI is InChI=1S/C41H26/c1-3-13-30(14-4-1)41(31-15-5-2-6-16-31)37-20-8-7-17-33(37)36-19-10-18-35(40(36)41)32-25-23-29-22-21-27-11-9-12-28-24-26-34(32)39(29)38(27)28/h1-26H. The Bertz CT molecular complexity index is 2180. The largest absolute Gasteiger partial charge is 0.0719 e. The second-order valence-electron chi connectivity index (χ2n) is 11.2. The molecule has 0 unspecified atom stereocenters. The zero-order valence-electron chi connectivity index (χ0n) is 22.5. The predicted molar refractivity (Wildman–Crippen MR) is 173 cm³/mol. The van der Waals surface area contributed by atoms with Gasteiger partial charge >= 0.3 is 0 Å². The molecule has 0 N–H and O–H groups in total. The third-order valence-corrected chi connectivity index (χ3v) is 9.29. The molecule has 41 heavy (non-hydrogen) atoms. The van der Waals surface area contributed by atoms with Crippen molar-refractivity contribution in [2.24, 2.45) is 0 Å². The lowest BCUT2D eigenvalue weighted by molar-refractivity contribution is 0.770. The van der Waals surface area contributed by atoms with Crippen LogP contribution in [0.4, 0.5) is 0 Å². The normalized spacial score (nSPS) is 13.6. The molecule has 0 bridgehead atoms. The van der Waals surface area contributed by atoms with E-state index in [1.165, 1.54) is 76.8 Å². The molecule has 1 aliphatic carbocycles. The number of hydrogen-bond donors (Lipinski definition) is 0. The molecule has 8 aromatic carbocycles. The molecule has 0 heteroatoms. The van der Waals surface area contributed by atoms with Gasteiger partial charge in [-0.25, -0.2) is 0 Å². The minimum Gasteiger partial charge on any atom is -0.0622 e. The van der Waals surface area contributed by atoms with Crippen LogP contribution in [0.1, 0.15) is 22.3 Å². The number of fused-ring (bicyclic) bond motifs is 3. The summed E-state index contributed by atoms with van der Waals surface area (Å²) in [6.07, 6.45) is 0. The van der Waals surface area contributed by atoms with Crippen LogP contribution in [0, 0.1) is 0 Å². The van der Waals surface area contributed by atoms with Crippen molar-refractivity contribution in [3.63, 3.8) is 0 Å². The fourth-order valence-electron chi connectivity index (χ4n) is 7.70. The van der Waals surface area contributed by atoms with Crippen LogP contribution in [-0.2, 0) is 5.41 Å². The van der Waals surface area contributed by atoms with Crippen molar-refractivity contribution in [2.45, 2.75) is 5.41 Å². The van der Waals surface area contributed by atoms with Gasteiger partial charge in [0.15, 0.2) is 0 Å². The van der Waals surface area contributed by atoms with E-state index < -0.39 is 5.41 Å². The maximum absolute atomic E-state index is 2.35. The van der Waals surface area contributed by atoms with Gasteiger partial charge in [0.2, 0.25) is 0 Å². The maximum Gasteiger partial charge on any atom is 0.0719 e. The zero-order chi connectivity index (χ0) is 27.0. The molecule has 0 spiro atoms. The van der Waals surface area contributed by atoms with Crippen molar-refractivity contribution in [1.82, 2.24) is 0 Å². The fourth-order valence-corrected chi connectivity index (χ4v) is 7.70. The highest BCUT2D eigenvalue weighted by atomic mass is 14.5. The van der Waals surface area contributed by atoms with Crippen molar-refractivity contribution >= 4 is 32.3 Å². The summed E-state index contributed by atoms with van der Waals surface area (Å²) in [4.78, 5) is 0. The summed E-state index contributed by atoms with van der Waals surface area (Å²) < 4.78 is 0. The van der Waals surface area contributed by atoms with E-state index in [9.17, 15) is 0 Å². The van der Waals surface area contributed by atoms with Crippen molar-refractivity contribution in [2.75, 3.05) is 0 Å². The predicted octanol–water partition coefficient (Wildman–Crippen LogP) is 10.6. The minimum absolute atomic E-state index is 0.436. The zero-order valence-corrected chi connectivity index (χ0v) is 22.5. The fraction of sp³-hybridized carbons (Fsp3) is 0.0244. The molecule has 0 saturated heterocycles. The molecule has 0 radical (unpaired) electrons. The summed E-state index contributed by atoms with van der Waals surface area (Å²) in [5.41, 5.74) is 10.1. The van der Waals surface area contributed by atoms with E-state index in [4.69, 9.17) is 0 Å². The molecular weight excluding hydrogens is 492 g/mol. The Kier molecular flexibility index (Phi) is 4.63.